The fourth-order valence-corrected chi connectivity index (χ4v) is 9.18. The summed E-state index contributed by atoms with van der Waals surface area (Å²) in [6, 6.07) is 15.0. The van der Waals surface area contributed by atoms with E-state index in [1.807, 2.05) is 24.3 Å². The van der Waals surface area contributed by atoms with Crippen LogP contribution in [0.15, 0.2) is 55.1 Å². The van der Waals surface area contributed by atoms with E-state index >= 15 is 0 Å². The van der Waals surface area contributed by atoms with Crippen molar-refractivity contribution in [3.63, 3.8) is 0 Å². The van der Waals surface area contributed by atoms with Crippen LogP contribution in [0.5, 0.6) is 11.5 Å². The van der Waals surface area contributed by atoms with Crippen molar-refractivity contribution in [1.29, 1.82) is 0 Å². The Balaban J connectivity index is 1.42. The van der Waals surface area contributed by atoms with Crippen molar-refractivity contribution in [2.45, 2.75) is 74.7 Å². The van der Waals surface area contributed by atoms with E-state index in [2.05, 4.69) is 42.7 Å². The molecule has 7 rings (SSSR count). The summed E-state index contributed by atoms with van der Waals surface area (Å²) in [4.78, 5) is 2.79. The van der Waals surface area contributed by atoms with Gasteiger partial charge < -0.3 is 19.3 Å². The van der Waals surface area contributed by atoms with Gasteiger partial charge in [0.2, 0.25) is 0 Å². The molecule has 7 unspecified atom stereocenters. The van der Waals surface area contributed by atoms with Crippen LogP contribution in [0.1, 0.15) is 55.7 Å². The Morgan fingerprint density at radius 3 is 2.66 bits per heavy atom. The quantitative estimate of drug-likeness (QED) is 0.488. The standard InChI is InChI=1S/C33H41NO4/c1-5-15-33(35,23-9-7-6-8-10-23)31(2)19-24-25-18-22-13-14-26(36-3)28-27(22)32(24,30(38-28)29(31)37-4)16-17-34(25)20-21-11-12-21/h5-10,13-14,21,24-25,29-30,35H,1,11-12,15-20H2,2-4H3. The molecule has 38 heavy (non-hydrogen) atoms. The molecule has 2 saturated carbocycles. The van der Waals surface area contributed by atoms with Gasteiger partial charge in [0.05, 0.1) is 7.11 Å². The van der Waals surface area contributed by atoms with Crippen molar-refractivity contribution >= 4 is 0 Å². The monoisotopic (exact) mass is 515 g/mol. The summed E-state index contributed by atoms with van der Waals surface area (Å²) < 4.78 is 19.3. The first-order valence-corrected chi connectivity index (χ1v) is 14.4. The van der Waals surface area contributed by atoms with E-state index in [0.29, 0.717) is 18.4 Å². The van der Waals surface area contributed by atoms with Gasteiger partial charge in [-0.25, -0.2) is 0 Å². The summed E-state index contributed by atoms with van der Waals surface area (Å²) in [7, 11) is 3.53. The van der Waals surface area contributed by atoms with Gasteiger partial charge >= 0.3 is 0 Å². The van der Waals surface area contributed by atoms with E-state index in [1.165, 1.54) is 30.5 Å². The van der Waals surface area contributed by atoms with Crippen LogP contribution in [-0.4, -0.2) is 55.6 Å². The van der Waals surface area contributed by atoms with Crippen LogP contribution >= 0.6 is 0 Å². The first-order valence-electron chi connectivity index (χ1n) is 14.4. The van der Waals surface area contributed by atoms with Crippen LogP contribution < -0.4 is 9.47 Å². The predicted octanol–water partition coefficient (Wildman–Crippen LogP) is 5.24. The number of likely N-dealkylation sites (tertiary alicyclic amines) is 1. The first kappa shape index (κ1) is 24.7. The number of ether oxygens (including phenoxy) is 3. The Labute approximate surface area is 226 Å². The zero-order valence-electron chi connectivity index (χ0n) is 23.0. The molecule has 0 amide bonds. The van der Waals surface area contributed by atoms with Crippen LogP contribution in [0.4, 0.5) is 0 Å². The van der Waals surface area contributed by atoms with Gasteiger partial charge in [0.15, 0.2) is 11.5 Å². The summed E-state index contributed by atoms with van der Waals surface area (Å²) in [5.41, 5.74) is 1.83. The van der Waals surface area contributed by atoms with Gasteiger partial charge in [0.25, 0.3) is 0 Å². The molecule has 3 fully saturated rings. The van der Waals surface area contributed by atoms with Crippen molar-refractivity contribution in [1.82, 2.24) is 4.90 Å². The average Bonchev–Trinajstić information content (AvgIpc) is 3.68. The topological polar surface area (TPSA) is 51.2 Å². The van der Waals surface area contributed by atoms with Crippen molar-refractivity contribution < 1.29 is 19.3 Å². The molecule has 0 radical (unpaired) electrons. The van der Waals surface area contributed by atoms with Crippen molar-refractivity contribution in [2.75, 3.05) is 27.3 Å². The van der Waals surface area contributed by atoms with E-state index < -0.39 is 11.0 Å². The van der Waals surface area contributed by atoms with Gasteiger partial charge in [0, 0.05) is 36.1 Å². The molecule has 2 aliphatic heterocycles. The maximum atomic E-state index is 12.8. The van der Waals surface area contributed by atoms with Gasteiger partial charge in [-0.3, -0.25) is 4.90 Å². The molecule has 5 aliphatic rings. The lowest BCUT2D eigenvalue weighted by molar-refractivity contribution is -0.236. The number of hydrogen-bond acceptors (Lipinski definition) is 5. The van der Waals surface area contributed by atoms with Gasteiger partial charge in [-0.15, -0.1) is 6.58 Å². The molecule has 2 bridgehead atoms. The van der Waals surface area contributed by atoms with E-state index in [-0.39, 0.29) is 17.6 Å². The van der Waals surface area contributed by atoms with Crippen LogP contribution in [0, 0.1) is 17.3 Å². The van der Waals surface area contributed by atoms with Gasteiger partial charge in [-0.2, -0.15) is 0 Å². The Morgan fingerprint density at radius 2 is 1.97 bits per heavy atom. The fraction of sp³-hybridized carbons (Fsp3) is 0.576. The number of piperidine rings is 1. The molecule has 3 aliphatic carbocycles. The SMILES string of the molecule is C=CCC(O)(c1ccccc1)C1(C)CC2C3Cc4ccc(OC)c5c4C2(CCN3CC2CC2)C(O5)C1OC. The Hall–Kier alpha value is -2.34. The van der Waals surface area contributed by atoms with Gasteiger partial charge in [-0.05, 0) is 74.1 Å². The average molecular weight is 516 g/mol. The summed E-state index contributed by atoms with van der Waals surface area (Å²) in [5.74, 6) is 2.92. The molecular formula is C33H41NO4. The summed E-state index contributed by atoms with van der Waals surface area (Å²) >= 11 is 0. The van der Waals surface area contributed by atoms with Crippen molar-refractivity contribution in [3.8, 4) is 11.5 Å². The third-order valence-corrected chi connectivity index (χ3v) is 11.1. The molecule has 2 heterocycles. The largest absolute Gasteiger partial charge is 0.493 e. The van der Waals surface area contributed by atoms with Crippen LogP contribution in [-0.2, 0) is 22.2 Å². The minimum atomic E-state index is -1.14. The molecule has 7 atom stereocenters. The van der Waals surface area contributed by atoms with E-state index in [1.54, 1.807) is 14.2 Å². The lowest BCUT2D eigenvalue weighted by atomic mass is 9.44. The number of methoxy groups -OCH3 is 2. The zero-order chi connectivity index (χ0) is 26.3. The minimum absolute atomic E-state index is 0.131. The molecule has 5 nitrogen and oxygen atoms in total. The molecule has 1 spiro atoms. The molecule has 0 aromatic heterocycles. The second-order valence-corrected chi connectivity index (χ2v) is 12.8. The smallest absolute Gasteiger partial charge is 0.165 e. The number of hydrogen-bond donors (Lipinski definition) is 1. The van der Waals surface area contributed by atoms with Crippen molar-refractivity contribution in [2.24, 2.45) is 17.3 Å². The maximum absolute atomic E-state index is 12.8. The summed E-state index contributed by atoms with van der Waals surface area (Å²) in [5, 5.41) is 12.8. The third kappa shape index (κ3) is 3.10. The van der Waals surface area contributed by atoms with Crippen LogP contribution in [0.2, 0.25) is 0 Å². The van der Waals surface area contributed by atoms with Crippen LogP contribution in [0.3, 0.4) is 0 Å². The molecule has 1 N–H and O–H groups in total. The number of rotatable bonds is 8. The fourth-order valence-electron chi connectivity index (χ4n) is 9.18. The molecule has 1 saturated heterocycles. The highest BCUT2D eigenvalue weighted by Gasteiger charge is 2.73. The highest BCUT2D eigenvalue weighted by molar-refractivity contribution is 5.61. The minimum Gasteiger partial charge on any atom is -0.493 e. The maximum Gasteiger partial charge on any atom is 0.165 e. The van der Waals surface area contributed by atoms with E-state index in [0.717, 1.165) is 48.8 Å². The third-order valence-electron chi connectivity index (χ3n) is 11.1. The lowest BCUT2D eigenvalue weighted by Crippen LogP contribution is -2.73. The number of benzene rings is 2. The molecule has 2 aromatic rings. The van der Waals surface area contributed by atoms with Gasteiger partial charge in [0.1, 0.15) is 17.8 Å². The number of aliphatic hydroxyl groups is 1. The summed E-state index contributed by atoms with van der Waals surface area (Å²) in [6.07, 6.45) is 7.50. The van der Waals surface area contributed by atoms with Crippen molar-refractivity contribution in [3.05, 3.63) is 71.8 Å². The predicted molar refractivity (Wildman–Crippen MR) is 148 cm³/mol. The van der Waals surface area contributed by atoms with Crippen LogP contribution in [0.25, 0.3) is 0 Å². The Morgan fingerprint density at radius 1 is 1.18 bits per heavy atom. The second-order valence-electron chi connectivity index (χ2n) is 12.8. The molecule has 5 heteroatoms. The zero-order valence-corrected chi connectivity index (χ0v) is 23.0. The Bertz CT molecular complexity index is 1240. The van der Waals surface area contributed by atoms with Gasteiger partial charge in [-0.1, -0.05) is 49.4 Å². The summed E-state index contributed by atoms with van der Waals surface area (Å²) in [6.45, 7) is 8.60. The lowest BCUT2D eigenvalue weighted by Gasteiger charge is -2.65. The second kappa shape index (κ2) is 8.58. The van der Waals surface area contributed by atoms with E-state index in [9.17, 15) is 5.11 Å². The Kier molecular flexibility index (Phi) is 5.57. The molecular weight excluding hydrogens is 474 g/mol. The normalized spacial score (nSPS) is 36.6. The molecule has 2 aromatic carbocycles. The first-order chi connectivity index (χ1) is 18.4. The molecule has 202 valence electrons. The number of nitrogens with zero attached hydrogens (tertiary/aromatic N) is 1. The van der Waals surface area contributed by atoms with E-state index in [4.69, 9.17) is 14.2 Å². The highest BCUT2D eigenvalue weighted by atomic mass is 16.6. The highest BCUT2D eigenvalue weighted by Crippen LogP contribution is 2.69.